The molecule has 0 aliphatic carbocycles. The molecule has 2 N–H and O–H groups in total. The number of benzene rings is 2. The van der Waals surface area contributed by atoms with Crippen molar-refractivity contribution in [3.8, 4) is 5.75 Å². The number of thiazole rings is 1. The largest absolute Gasteiger partial charge is 0.497 e. The van der Waals surface area contributed by atoms with E-state index in [1.807, 2.05) is 0 Å². The summed E-state index contributed by atoms with van der Waals surface area (Å²) < 4.78 is 10.6. The normalized spacial score (nSPS) is 10.3. The van der Waals surface area contributed by atoms with Gasteiger partial charge >= 0.3 is 12.0 Å². The van der Waals surface area contributed by atoms with Crippen molar-refractivity contribution in [2.45, 2.75) is 0 Å². The molecule has 8 heteroatoms. The lowest BCUT2D eigenvalue weighted by atomic mass is 10.2. The highest BCUT2D eigenvalue weighted by molar-refractivity contribution is 7.22. The highest BCUT2D eigenvalue weighted by Crippen LogP contribution is 2.27. The molecule has 0 saturated carbocycles. The fraction of sp³-hybridized carbons (Fsp3) is 0.118. The molecule has 0 aliphatic heterocycles. The maximum atomic E-state index is 12.1. The van der Waals surface area contributed by atoms with Crippen LogP contribution >= 0.6 is 11.3 Å². The number of anilines is 2. The first kappa shape index (κ1) is 16.7. The van der Waals surface area contributed by atoms with E-state index in [2.05, 4.69) is 15.6 Å². The Kier molecular flexibility index (Phi) is 4.80. The van der Waals surface area contributed by atoms with Crippen LogP contribution in [0.5, 0.6) is 5.75 Å². The molecule has 0 saturated heterocycles. The summed E-state index contributed by atoms with van der Waals surface area (Å²) in [7, 11) is 2.89. The minimum Gasteiger partial charge on any atom is -0.497 e. The molecule has 0 unspecified atom stereocenters. The van der Waals surface area contributed by atoms with Gasteiger partial charge < -0.3 is 14.8 Å². The average molecular weight is 357 g/mol. The fourth-order valence-corrected chi connectivity index (χ4v) is 3.08. The van der Waals surface area contributed by atoms with Gasteiger partial charge in [0, 0.05) is 11.8 Å². The number of hydrogen-bond donors (Lipinski definition) is 2. The smallest absolute Gasteiger partial charge is 0.337 e. The molecule has 7 nitrogen and oxygen atoms in total. The van der Waals surface area contributed by atoms with Gasteiger partial charge in [-0.3, -0.25) is 5.32 Å². The van der Waals surface area contributed by atoms with Gasteiger partial charge in [0.2, 0.25) is 0 Å². The Labute approximate surface area is 147 Å². The molecular formula is C17H15N3O4S. The summed E-state index contributed by atoms with van der Waals surface area (Å²) in [5.74, 6) is 0.230. The molecule has 0 aliphatic rings. The molecule has 25 heavy (non-hydrogen) atoms. The number of amides is 2. The third-order valence-corrected chi connectivity index (χ3v) is 4.29. The fourth-order valence-electron chi connectivity index (χ4n) is 2.18. The van der Waals surface area contributed by atoms with Crippen LogP contribution in [-0.2, 0) is 4.74 Å². The molecule has 128 valence electrons. The molecule has 2 amide bonds. The van der Waals surface area contributed by atoms with Crippen LogP contribution in [0.4, 0.5) is 15.6 Å². The molecule has 0 spiro atoms. The number of nitrogens with zero attached hydrogens (tertiary/aromatic N) is 1. The Morgan fingerprint density at radius 2 is 1.92 bits per heavy atom. The van der Waals surface area contributed by atoms with E-state index in [1.54, 1.807) is 49.6 Å². The van der Waals surface area contributed by atoms with E-state index in [0.717, 1.165) is 4.70 Å². The van der Waals surface area contributed by atoms with E-state index < -0.39 is 12.0 Å². The van der Waals surface area contributed by atoms with E-state index in [4.69, 9.17) is 9.47 Å². The Morgan fingerprint density at radius 3 is 2.68 bits per heavy atom. The van der Waals surface area contributed by atoms with Crippen LogP contribution in [-0.4, -0.2) is 31.2 Å². The van der Waals surface area contributed by atoms with Crippen molar-refractivity contribution in [1.29, 1.82) is 0 Å². The van der Waals surface area contributed by atoms with Gasteiger partial charge in [0.05, 0.1) is 30.0 Å². The van der Waals surface area contributed by atoms with Crippen molar-refractivity contribution < 1.29 is 19.1 Å². The summed E-state index contributed by atoms with van der Waals surface area (Å²) in [5, 5.41) is 5.82. The van der Waals surface area contributed by atoms with Crippen LogP contribution in [0, 0.1) is 0 Å². The van der Waals surface area contributed by atoms with Crippen molar-refractivity contribution >= 4 is 44.4 Å². The summed E-state index contributed by atoms with van der Waals surface area (Å²) >= 11 is 1.27. The number of ether oxygens (including phenoxy) is 2. The van der Waals surface area contributed by atoms with E-state index in [9.17, 15) is 9.59 Å². The van der Waals surface area contributed by atoms with Crippen molar-refractivity contribution in [1.82, 2.24) is 4.98 Å². The van der Waals surface area contributed by atoms with Crippen molar-refractivity contribution in [3.63, 3.8) is 0 Å². The SMILES string of the molecule is COC(=O)c1ccc2nc(NC(=O)Nc3cccc(OC)c3)sc2c1. The van der Waals surface area contributed by atoms with Crippen molar-refractivity contribution in [2.24, 2.45) is 0 Å². The number of rotatable bonds is 4. The Morgan fingerprint density at radius 1 is 1.08 bits per heavy atom. The zero-order chi connectivity index (χ0) is 17.8. The predicted octanol–water partition coefficient (Wildman–Crippen LogP) is 3.74. The highest BCUT2D eigenvalue weighted by atomic mass is 32.1. The van der Waals surface area contributed by atoms with Gasteiger partial charge in [-0.1, -0.05) is 17.4 Å². The second kappa shape index (κ2) is 7.18. The number of hydrogen-bond acceptors (Lipinski definition) is 6. The first-order valence-corrected chi connectivity index (χ1v) is 8.11. The Balaban J connectivity index is 1.73. The highest BCUT2D eigenvalue weighted by Gasteiger charge is 2.11. The monoisotopic (exact) mass is 357 g/mol. The molecule has 0 atom stereocenters. The van der Waals surface area contributed by atoms with Crippen molar-refractivity contribution in [3.05, 3.63) is 48.0 Å². The number of carbonyl (C=O) groups excluding carboxylic acids is 2. The van der Waals surface area contributed by atoms with Gasteiger partial charge in [0.15, 0.2) is 5.13 Å². The minimum atomic E-state index is -0.416. The van der Waals surface area contributed by atoms with Crippen molar-refractivity contribution in [2.75, 3.05) is 24.9 Å². The Hall–Kier alpha value is -3.13. The molecule has 1 aromatic heterocycles. The lowest BCUT2D eigenvalue weighted by molar-refractivity contribution is 0.0601. The quantitative estimate of drug-likeness (QED) is 0.694. The van der Waals surface area contributed by atoms with Crippen LogP contribution in [0.1, 0.15) is 10.4 Å². The molecule has 2 aromatic carbocycles. The number of urea groups is 1. The third kappa shape index (κ3) is 3.86. The number of carbonyl (C=O) groups is 2. The molecule has 1 heterocycles. The first-order valence-electron chi connectivity index (χ1n) is 7.30. The predicted molar refractivity (Wildman–Crippen MR) is 96.6 cm³/mol. The molecule has 0 bridgehead atoms. The maximum Gasteiger partial charge on any atom is 0.337 e. The lowest BCUT2D eigenvalue weighted by Gasteiger charge is -2.06. The van der Waals surface area contributed by atoms with E-state index >= 15 is 0 Å². The number of aromatic nitrogens is 1. The summed E-state index contributed by atoms with van der Waals surface area (Å²) in [5.41, 5.74) is 1.73. The van der Waals surface area contributed by atoms with Crippen LogP contribution < -0.4 is 15.4 Å². The van der Waals surface area contributed by atoms with Gasteiger partial charge in [0.1, 0.15) is 5.75 Å². The number of methoxy groups -OCH3 is 2. The van der Waals surface area contributed by atoms with Crippen LogP contribution in [0.3, 0.4) is 0 Å². The van der Waals surface area contributed by atoms with Gasteiger partial charge in [-0.15, -0.1) is 0 Å². The van der Waals surface area contributed by atoms with Crippen LogP contribution in [0.25, 0.3) is 10.2 Å². The first-order chi connectivity index (χ1) is 12.1. The number of nitrogens with one attached hydrogen (secondary N) is 2. The molecule has 3 rings (SSSR count). The minimum absolute atomic E-state index is 0.416. The van der Waals surface area contributed by atoms with Gasteiger partial charge in [-0.05, 0) is 30.3 Å². The lowest BCUT2D eigenvalue weighted by Crippen LogP contribution is -2.19. The zero-order valence-corrected chi connectivity index (χ0v) is 14.3. The maximum absolute atomic E-state index is 12.1. The number of fused-ring (bicyclic) bond motifs is 1. The van der Waals surface area contributed by atoms with Crippen LogP contribution in [0.15, 0.2) is 42.5 Å². The summed E-state index contributed by atoms with van der Waals surface area (Å²) in [4.78, 5) is 28.0. The topological polar surface area (TPSA) is 89.5 Å². The van der Waals surface area contributed by atoms with Gasteiger partial charge in [-0.25, -0.2) is 14.6 Å². The summed E-state index contributed by atoms with van der Waals surface area (Å²) in [6.07, 6.45) is 0. The standard InChI is InChI=1S/C17H15N3O4S/c1-23-12-5-3-4-11(9-12)18-16(22)20-17-19-13-7-6-10(15(21)24-2)8-14(13)25-17/h3-9H,1-2H3,(H2,18,19,20,22). The number of esters is 1. The summed E-state index contributed by atoms with van der Waals surface area (Å²) in [6.45, 7) is 0. The Bertz CT molecular complexity index is 939. The average Bonchev–Trinajstić information content (AvgIpc) is 3.02. The van der Waals surface area contributed by atoms with Gasteiger partial charge in [-0.2, -0.15) is 0 Å². The molecule has 0 radical (unpaired) electrons. The summed E-state index contributed by atoms with van der Waals surface area (Å²) in [6, 6.07) is 11.6. The molecule has 3 aromatic rings. The second-order valence-electron chi connectivity index (χ2n) is 5.00. The molecule has 0 fully saturated rings. The van der Waals surface area contributed by atoms with Crippen LogP contribution in [0.2, 0.25) is 0 Å². The third-order valence-electron chi connectivity index (χ3n) is 3.36. The molecular weight excluding hydrogens is 342 g/mol. The van der Waals surface area contributed by atoms with E-state index in [1.165, 1.54) is 18.4 Å². The van der Waals surface area contributed by atoms with Gasteiger partial charge in [0.25, 0.3) is 0 Å². The van der Waals surface area contributed by atoms with E-state index in [0.29, 0.717) is 27.6 Å². The van der Waals surface area contributed by atoms with E-state index in [-0.39, 0.29) is 0 Å². The zero-order valence-electron chi connectivity index (χ0n) is 13.5. The second-order valence-corrected chi connectivity index (χ2v) is 6.03.